The van der Waals surface area contributed by atoms with Crippen LogP contribution in [0.1, 0.15) is 12.5 Å². The molecule has 6 nitrogen and oxygen atoms in total. The van der Waals surface area contributed by atoms with Gasteiger partial charge in [-0.15, -0.1) is 0 Å². The summed E-state index contributed by atoms with van der Waals surface area (Å²) in [6, 6.07) is 4.68. The molecule has 1 aliphatic rings. The first-order chi connectivity index (χ1) is 11.9. The molecule has 132 valence electrons. The minimum atomic E-state index is -3.16. The van der Waals surface area contributed by atoms with Crippen molar-refractivity contribution in [3.05, 3.63) is 34.7 Å². The van der Waals surface area contributed by atoms with Gasteiger partial charge >= 0.3 is 0 Å². The molecule has 1 aliphatic heterocycles. The highest BCUT2D eigenvalue weighted by Gasteiger charge is 2.34. The third-order valence-corrected chi connectivity index (χ3v) is 6.42. The van der Waals surface area contributed by atoms with E-state index >= 15 is 0 Å². The Labute approximate surface area is 150 Å². The standard InChI is InChI=1S/C16H16ClFN4O2S/c1-2-25(23,24)22-8-10(9-22)6-20-15-11(5-19)7-21-16-13(18)4-3-12(17)14(15)16/h3-4,7,10H,2,6,8-9H2,1H3,(H,20,21). The summed E-state index contributed by atoms with van der Waals surface area (Å²) < 4.78 is 38.9. The van der Waals surface area contributed by atoms with Crippen molar-refractivity contribution in [3.8, 4) is 6.07 Å². The van der Waals surface area contributed by atoms with E-state index in [1.807, 2.05) is 6.07 Å². The zero-order valence-corrected chi connectivity index (χ0v) is 15.0. The monoisotopic (exact) mass is 382 g/mol. The van der Waals surface area contributed by atoms with Crippen LogP contribution >= 0.6 is 11.6 Å². The van der Waals surface area contributed by atoms with Crippen LogP contribution in [-0.2, 0) is 10.0 Å². The minimum absolute atomic E-state index is 0.0790. The largest absolute Gasteiger partial charge is 0.383 e. The number of benzene rings is 1. The van der Waals surface area contributed by atoms with Crippen LogP contribution in [0.3, 0.4) is 0 Å². The van der Waals surface area contributed by atoms with E-state index in [9.17, 15) is 18.1 Å². The van der Waals surface area contributed by atoms with Crippen molar-refractivity contribution in [2.45, 2.75) is 6.92 Å². The number of nitriles is 1. The van der Waals surface area contributed by atoms with Gasteiger partial charge in [-0.3, -0.25) is 4.98 Å². The van der Waals surface area contributed by atoms with Crippen LogP contribution in [-0.4, -0.2) is 43.1 Å². The molecular weight excluding hydrogens is 367 g/mol. The molecule has 0 saturated carbocycles. The van der Waals surface area contributed by atoms with Gasteiger partial charge < -0.3 is 5.32 Å². The Balaban J connectivity index is 1.83. The van der Waals surface area contributed by atoms with Gasteiger partial charge in [0.25, 0.3) is 0 Å². The second kappa shape index (κ2) is 6.75. The van der Waals surface area contributed by atoms with E-state index in [2.05, 4.69) is 10.3 Å². The summed E-state index contributed by atoms with van der Waals surface area (Å²) in [5.41, 5.74) is 0.781. The van der Waals surface area contributed by atoms with Crippen molar-refractivity contribution in [1.82, 2.24) is 9.29 Å². The summed E-state index contributed by atoms with van der Waals surface area (Å²) in [5.74, 6) is -0.325. The zero-order valence-electron chi connectivity index (χ0n) is 13.5. The van der Waals surface area contributed by atoms with Gasteiger partial charge in [0.05, 0.1) is 22.0 Å². The quantitative estimate of drug-likeness (QED) is 0.858. The lowest BCUT2D eigenvalue weighted by Crippen LogP contribution is -2.52. The molecule has 0 aliphatic carbocycles. The second-order valence-corrected chi connectivity index (χ2v) is 8.54. The maximum absolute atomic E-state index is 14.0. The Morgan fingerprint density at radius 1 is 1.48 bits per heavy atom. The van der Waals surface area contributed by atoms with Crippen molar-refractivity contribution in [1.29, 1.82) is 5.26 Å². The Hall–Kier alpha value is -1.95. The molecule has 0 spiro atoms. The van der Waals surface area contributed by atoms with Gasteiger partial charge in [0.2, 0.25) is 10.0 Å². The predicted molar refractivity (Wildman–Crippen MR) is 94.4 cm³/mol. The molecule has 1 saturated heterocycles. The number of sulfonamides is 1. The second-order valence-electron chi connectivity index (χ2n) is 5.88. The third-order valence-electron chi connectivity index (χ3n) is 4.29. The fraction of sp³-hybridized carbons (Fsp3) is 0.375. The molecule has 0 amide bonds. The van der Waals surface area contributed by atoms with Crippen molar-refractivity contribution in [2.24, 2.45) is 5.92 Å². The number of nitrogens with zero attached hydrogens (tertiary/aromatic N) is 3. The van der Waals surface area contributed by atoms with Crippen LogP contribution in [0.5, 0.6) is 0 Å². The average molecular weight is 383 g/mol. The van der Waals surface area contributed by atoms with Crippen LogP contribution in [0.25, 0.3) is 10.9 Å². The van der Waals surface area contributed by atoms with Crippen molar-refractivity contribution in [3.63, 3.8) is 0 Å². The Bertz CT molecular complexity index is 968. The average Bonchev–Trinajstić information content (AvgIpc) is 2.56. The third kappa shape index (κ3) is 3.27. The highest BCUT2D eigenvalue weighted by Crippen LogP contribution is 2.33. The summed E-state index contributed by atoms with van der Waals surface area (Å²) in [6.45, 7) is 2.92. The first kappa shape index (κ1) is 17.9. The van der Waals surface area contributed by atoms with E-state index in [0.29, 0.717) is 35.7 Å². The maximum atomic E-state index is 14.0. The number of pyridine rings is 1. The summed E-state index contributed by atoms with van der Waals surface area (Å²) in [4.78, 5) is 3.98. The van der Waals surface area contributed by atoms with E-state index < -0.39 is 15.8 Å². The van der Waals surface area contributed by atoms with E-state index in [-0.39, 0.29) is 22.8 Å². The van der Waals surface area contributed by atoms with Crippen LogP contribution in [0.4, 0.5) is 10.1 Å². The fourth-order valence-corrected chi connectivity index (χ4v) is 4.30. The Kier molecular flexibility index (Phi) is 4.82. The van der Waals surface area contributed by atoms with Gasteiger partial charge in [-0.1, -0.05) is 11.6 Å². The first-order valence-electron chi connectivity index (χ1n) is 7.76. The molecule has 2 aromatic rings. The van der Waals surface area contributed by atoms with E-state index in [1.54, 1.807) is 6.92 Å². The number of fused-ring (bicyclic) bond motifs is 1. The molecular formula is C16H16ClFN4O2S. The molecule has 1 N–H and O–H groups in total. The van der Waals surface area contributed by atoms with Crippen LogP contribution < -0.4 is 5.32 Å². The molecule has 0 radical (unpaired) electrons. The number of hydrogen-bond donors (Lipinski definition) is 1. The summed E-state index contributed by atoms with van der Waals surface area (Å²) in [5, 5.41) is 13.1. The van der Waals surface area contributed by atoms with Gasteiger partial charge in [-0.05, 0) is 19.1 Å². The fourth-order valence-electron chi connectivity index (χ4n) is 2.81. The Morgan fingerprint density at radius 3 is 2.84 bits per heavy atom. The van der Waals surface area contributed by atoms with Crippen molar-refractivity contribution in [2.75, 3.05) is 30.7 Å². The molecule has 3 rings (SSSR count). The van der Waals surface area contributed by atoms with E-state index in [0.717, 1.165) is 0 Å². The predicted octanol–water partition coefficient (Wildman–Crippen LogP) is 2.59. The van der Waals surface area contributed by atoms with Crippen molar-refractivity contribution >= 4 is 38.2 Å². The van der Waals surface area contributed by atoms with Gasteiger partial charge in [0.15, 0.2) is 0 Å². The van der Waals surface area contributed by atoms with Crippen molar-refractivity contribution < 1.29 is 12.8 Å². The smallest absolute Gasteiger partial charge is 0.213 e. The van der Waals surface area contributed by atoms with Crippen LogP contribution in [0.15, 0.2) is 18.3 Å². The SMILES string of the molecule is CCS(=O)(=O)N1CC(CNc2c(C#N)cnc3c(F)ccc(Cl)c23)C1. The lowest BCUT2D eigenvalue weighted by molar-refractivity contribution is 0.212. The number of halogens is 2. The number of aromatic nitrogens is 1. The molecule has 0 atom stereocenters. The molecule has 25 heavy (non-hydrogen) atoms. The summed E-state index contributed by atoms with van der Waals surface area (Å²) in [6.07, 6.45) is 1.30. The van der Waals surface area contributed by atoms with Crippen LogP contribution in [0.2, 0.25) is 5.02 Å². The molecule has 2 heterocycles. The van der Waals surface area contributed by atoms with Gasteiger partial charge in [0, 0.05) is 37.1 Å². The number of hydrogen-bond acceptors (Lipinski definition) is 5. The molecule has 1 aromatic carbocycles. The maximum Gasteiger partial charge on any atom is 0.213 e. The van der Waals surface area contributed by atoms with Gasteiger partial charge in [0.1, 0.15) is 17.4 Å². The summed E-state index contributed by atoms with van der Waals surface area (Å²) >= 11 is 6.18. The lowest BCUT2D eigenvalue weighted by atomic mass is 10.0. The first-order valence-corrected chi connectivity index (χ1v) is 9.74. The van der Waals surface area contributed by atoms with Crippen LogP contribution in [0, 0.1) is 23.1 Å². The van der Waals surface area contributed by atoms with Gasteiger partial charge in [-0.2, -0.15) is 5.26 Å². The van der Waals surface area contributed by atoms with Gasteiger partial charge in [-0.25, -0.2) is 17.1 Å². The zero-order chi connectivity index (χ0) is 18.2. The number of rotatable bonds is 5. The lowest BCUT2D eigenvalue weighted by Gasteiger charge is -2.38. The number of anilines is 1. The minimum Gasteiger partial charge on any atom is -0.383 e. The van der Waals surface area contributed by atoms with E-state index in [4.69, 9.17) is 11.6 Å². The number of nitrogens with one attached hydrogen (secondary N) is 1. The normalized spacial score (nSPS) is 15.8. The highest BCUT2D eigenvalue weighted by atomic mass is 35.5. The molecule has 1 aromatic heterocycles. The topological polar surface area (TPSA) is 86.1 Å². The molecule has 0 unspecified atom stereocenters. The molecule has 0 bridgehead atoms. The molecule has 9 heteroatoms. The highest BCUT2D eigenvalue weighted by molar-refractivity contribution is 7.89. The molecule has 1 fully saturated rings. The summed E-state index contributed by atoms with van der Waals surface area (Å²) in [7, 11) is -3.16. The van der Waals surface area contributed by atoms with E-state index in [1.165, 1.54) is 22.6 Å². The Morgan fingerprint density at radius 2 is 2.20 bits per heavy atom.